The van der Waals surface area contributed by atoms with Crippen molar-refractivity contribution < 1.29 is 31.1 Å². The summed E-state index contributed by atoms with van der Waals surface area (Å²) >= 11 is 0. The minimum atomic E-state index is -5.44. The summed E-state index contributed by atoms with van der Waals surface area (Å²) in [5.41, 5.74) is -1.03. The minimum Gasteiger partial charge on any atom is -0.211 e. The van der Waals surface area contributed by atoms with Crippen LogP contribution in [0.15, 0.2) is 29.3 Å². The zero-order chi connectivity index (χ0) is 14.0. The Morgan fingerprint density at radius 2 is 1.39 bits per heavy atom. The number of benzene rings is 1. The smallest absolute Gasteiger partial charge is 0.211 e. The lowest BCUT2D eigenvalue weighted by Crippen LogP contribution is -2.34. The average molecular weight is 269 g/mol. The maximum absolute atomic E-state index is 12.3. The first-order valence-electron chi connectivity index (χ1n) is 4.47. The van der Waals surface area contributed by atoms with Gasteiger partial charge in [-0.05, 0) is 17.7 Å². The molecular weight excluding hydrogens is 264 g/mol. The van der Waals surface area contributed by atoms with E-state index in [1.807, 2.05) is 0 Å². The second-order valence-corrected chi connectivity index (χ2v) is 3.31. The highest BCUT2D eigenvalue weighted by molar-refractivity contribution is 5.49. The topological polar surface area (TPSA) is 29.4 Å². The number of nitrogens with zero attached hydrogens (tertiary/aromatic N) is 1. The highest BCUT2D eigenvalue weighted by Gasteiger charge is 2.57. The summed E-state index contributed by atoms with van der Waals surface area (Å²) in [6, 6.07) is 3.01. The Kier molecular flexibility index (Phi) is 3.81. The van der Waals surface area contributed by atoms with Crippen molar-refractivity contribution in [3.63, 3.8) is 0 Å². The van der Waals surface area contributed by atoms with Gasteiger partial charge in [0.25, 0.3) is 0 Å². The summed E-state index contributed by atoms with van der Waals surface area (Å²) in [5, 5.41) is 0. The summed E-state index contributed by atoms with van der Waals surface area (Å²) in [7, 11) is 0. The van der Waals surface area contributed by atoms with E-state index in [4.69, 9.17) is 0 Å². The van der Waals surface area contributed by atoms with Crippen molar-refractivity contribution in [2.45, 2.75) is 18.3 Å². The fourth-order valence-corrected chi connectivity index (χ4v) is 1.36. The minimum absolute atomic E-state index is 0.0724. The van der Waals surface area contributed by atoms with Crippen LogP contribution < -0.4 is 0 Å². The summed E-state index contributed by atoms with van der Waals surface area (Å²) < 4.78 is 74.1. The molecule has 0 aliphatic rings. The van der Waals surface area contributed by atoms with Gasteiger partial charge in [0.2, 0.25) is 6.08 Å². The molecule has 0 radical (unpaired) electrons. The lowest BCUT2D eigenvalue weighted by molar-refractivity contribution is -0.253. The normalized spacial score (nSPS) is 12.4. The highest BCUT2D eigenvalue weighted by Crippen LogP contribution is 2.46. The third-order valence-corrected chi connectivity index (χ3v) is 2.06. The molecule has 8 heteroatoms. The van der Waals surface area contributed by atoms with Gasteiger partial charge in [-0.25, -0.2) is 4.79 Å². The van der Waals surface area contributed by atoms with E-state index in [0.717, 1.165) is 18.2 Å². The molecule has 0 spiro atoms. The van der Waals surface area contributed by atoms with Crippen LogP contribution in [0.5, 0.6) is 0 Å². The van der Waals surface area contributed by atoms with Crippen LogP contribution >= 0.6 is 0 Å². The maximum atomic E-state index is 12.3. The number of rotatable bonds is 2. The molecule has 18 heavy (non-hydrogen) atoms. The van der Waals surface area contributed by atoms with E-state index in [9.17, 15) is 31.1 Å². The first kappa shape index (κ1) is 14.2. The number of halogens is 6. The standard InChI is InChI=1S/C10H5F6NO/c11-9(12,13)8(10(14,15)16)6-1-3-7(4-2-6)17-5-18/h1-4,8H. The van der Waals surface area contributed by atoms with Crippen LogP contribution in [-0.2, 0) is 4.79 Å². The second-order valence-electron chi connectivity index (χ2n) is 3.31. The molecule has 98 valence electrons. The van der Waals surface area contributed by atoms with Gasteiger partial charge in [-0.1, -0.05) is 12.1 Å². The number of isocyanates is 1. The van der Waals surface area contributed by atoms with Gasteiger partial charge in [-0.2, -0.15) is 31.3 Å². The van der Waals surface area contributed by atoms with Crippen LogP contribution in [0.1, 0.15) is 11.5 Å². The molecule has 0 aliphatic heterocycles. The van der Waals surface area contributed by atoms with Crippen LogP contribution in [0.3, 0.4) is 0 Å². The van der Waals surface area contributed by atoms with E-state index in [0.29, 0.717) is 12.1 Å². The second kappa shape index (κ2) is 4.81. The van der Waals surface area contributed by atoms with E-state index in [2.05, 4.69) is 4.99 Å². The van der Waals surface area contributed by atoms with Crippen LogP contribution in [0.2, 0.25) is 0 Å². The van der Waals surface area contributed by atoms with Gasteiger partial charge in [0.1, 0.15) is 0 Å². The molecule has 0 fully saturated rings. The van der Waals surface area contributed by atoms with Gasteiger partial charge in [0, 0.05) is 0 Å². The Morgan fingerprint density at radius 3 is 1.72 bits per heavy atom. The Labute approximate surface area is 96.9 Å². The molecule has 0 atom stereocenters. The molecule has 2 nitrogen and oxygen atoms in total. The van der Waals surface area contributed by atoms with E-state index >= 15 is 0 Å². The van der Waals surface area contributed by atoms with Crippen LogP contribution in [0, 0.1) is 0 Å². The zero-order valence-corrected chi connectivity index (χ0v) is 8.51. The molecule has 1 aromatic rings. The van der Waals surface area contributed by atoms with Crippen LogP contribution in [-0.4, -0.2) is 18.4 Å². The predicted octanol–water partition coefficient (Wildman–Crippen LogP) is 3.86. The van der Waals surface area contributed by atoms with Crippen molar-refractivity contribution in [2.24, 2.45) is 4.99 Å². The summed E-state index contributed by atoms with van der Waals surface area (Å²) in [5.74, 6) is -3.56. The average Bonchev–Trinajstić information content (AvgIpc) is 2.17. The van der Waals surface area contributed by atoms with E-state index < -0.39 is 23.8 Å². The molecule has 0 aromatic heterocycles. The zero-order valence-electron chi connectivity index (χ0n) is 8.51. The Morgan fingerprint density at radius 1 is 0.944 bits per heavy atom. The largest absolute Gasteiger partial charge is 0.404 e. The quantitative estimate of drug-likeness (QED) is 0.455. The lowest BCUT2D eigenvalue weighted by Gasteiger charge is -2.23. The number of alkyl halides is 6. The molecule has 1 rings (SSSR count). The van der Waals surface area contributed by atoms with Gasteiger partial charge in [-0.15, -0.1) is 0 Å². The number of aliphatic imine (C=N–C) groups is 1. The monoisotopic (exact) mass is 269 g/mol. The fourth-order valence-electron chi connectivity index (χ4n) is 1.36. The Balaban J connectivity index is 3.19. The third kappa shape index (κ3) is 3.33. The predicted molar refractivity (Wildman–Crippen MR) is 49.1 cm³/mol. The fraction of sp³-hybridized carbons (Fsp3) is 0.300. The molecule has 0 amide bonds. The molecule has 1 aromatic carbocycles. The van der Waals surface area contributed by atoms with E-state index in [1.54, 1.807) is 0 Å². The molecule has 0 N–H and O–H groups in total. The number of hydrogen-bond acceptors (Lipinski definition) is 2. The van der Waals surface area contributed by atoms with Gasteiger partial charge in [0.05, 0.1) is 5.69 Å². The van der Waals surface area contributed by atoms with Crippen LogP contribution in [0.4, 0.5) is 32.0 Å². The number of hydrogen-bond donors (Lipinski definition) is 0. The Bertz CT molecular complexity index is 441. The Hall–Kier alpha value is -1.82. The van der Waals surface area contributed by atoms with E-state index in [1.165, 1.54) is 0 Å². The summed E-state index contributed by atoms with van der Waals surface area (Å²) in [4.78, 5) is 12.9. The van der Waals surface area contributed by atoms with Gasteiger partial charge in [0.15, 0.2) is 5.92 Å². The summed E-state index contributed by atoms with van der Waals surface area (Å²) in [6.45, 7) is 0. The maximum Gasteiger partial charge on any atom is 0.404 e. The SMILES string of the molecule is O=C=Nc1ccc(C(C(F)(F)F)C(F)(F)F)cc1. The molecular formula is C10H5F6NO. The van der Waals surface area contributed by atoms with Crippen molar-refractivity contribution in [3.05, 3.63) is 29.8 Å². The van der Waals surface area contributed by atoms with Crippen molar-refractivity contribution in [2.75, 3.05) is 0 Å². The van der Waals surface area contributed by atoms with Gasteiger partial charge >= 0.3 is 12.4 Å². The highest BCUT2D eigenvalue weighted by atomic mass is 19.4. The first-order chi connectivity index (χ1) is 8.16. The lowest BCUT2D eigenvalue weighted by atomic mass is 9.98. The molecule has 0 aliphatic carbocycles. The molecule has 0 saturated carbocycles. The van der Waals surface area contributed by atoms with E-state index in [-0.39, 0.29) is 5.69 Å². The molecule has 0 heterocycles. The summed E-state index contributed by atoms with van der Waals surface area (Å²) in [6.07, 6.45) is -9.75. The van der Waals surface area contributed by atoms with Crippen LogP contribution in [0.25, 0.3) is 0 Å². The third-order valence-electron chi connectivity index (χ3n) is 2.06. The van der Waals surface area contributed by atoms with Gasteiger partial charge < -0.3 is 0 Å². The van der Waals surface area contributed by atoms with Crippen molar-refractivity contribution >= 4 is 11.8 Å². The first-order valence-corrected chi connectivity index (χ1v) is 4.47. The van der Waals surface area contributed by atoms with Crippen molar-refractivity contribution in [3.8, 4) is 0 Å². The van der Waals surface area contributed by atoms with Crippen molar-refractivity contribution in [1.82, 2.24) is 0 Å². The van der Waals surface area contributed by atoms with Gasteiger partial charge in [-0.3, -0.25) is 0 Å². The molecule has 0 saturated heterocycles. The number of carbonyl (C=O) groups excluding carboxylic acids is 1. The molecule has 0 bridgehead atoms. The van der Waals surface area contributed by atoms with Crippen molar-refractivity contribution in [1.29, 1.82) is 0 Å². The molecule has 0 unspecified atom stereocenters.